The first kappa shape index (κ1) is 62.5. The van der Waals surface area contributed by atoms with Gasteiger partial charge < -0.3 is 62.3 Å². The monoisotopic (exact) mass is 1100 g/mol. The summed E-state index contributed by atoms with van der Waals surface area (Å²) in [5, 5.41) is 65.3. The molecule has 3 aromatic rings. The number of unbranched alkanes of at least 4 members (excludes halogenated alkanes) is 1. The average molecular weight is 1100 g/mol. The van der Waals surface area contributed by atoms with Gasteiger partial charge in [0.2, 0.25) is 11.8 Å². The lowest BCUT2D eigenvalue weighted by Gasteiger charge is -2.44. The van der Waals surface area contributed by atoms with Crippen LogP contribution in [0.5, 0.6) is 0 Å². The van der Waals surface area contributed by atoms with Crippen LogP contribution in [-0.2, 0) is 46.4 Å². The molecular formula is C56H79N9O14. The Balaban J connectivity index is 1.09. The first-order valence-electron chi connectivity index (χ1n) is 27.1. The van der Waals surface area contributed by atoms with Crippen LogP contribution < -0.4 is 31.9 Å². The molecule has 0 spiro atoms. The summed E-state index contributed by atoms with van der Waals surface area (Å²) in [4.78, 5) is 117. The Bertz CT molecular complexity index is 2560. The van der Waals surface area contributed by atoms with E-state index in [-0.39, 0.29) is 80.8 Å². The van der Waals surface area contributed by atoms with Crippen LogP contribution in [0.1, 0.15) is 94.6 Å². The number of benzene rings is 3. The highest BCUT2D eigenvalue weighted by Gasteiger charge is 2.36. The van der Waals surface area contributed by atoms with Gasteiger partial charge in [0.15, 0.2) is 0 Å². The van der Waals surface area contributed by atoms with Gasteiger partial charge in [0.05, 0.1) is 13.1 Å². The molecule has 0 bridgehead atoms. The van der Waals surface area contributed by atoms with E-state index < -0.39 is 72.8 Å². The maximum Gasteiger partial charge on any atom is 0.326 e. The maximum atomic E-state index is 13.8. The van der Waals surface area contributed by atoms with Crippen LogP contribution in [0.25, 0.3) is 10.8 Å². The van der Waals surface area contributed by atoms with Gasteiger partial charge in [-0.15, -0.1) is 0 Å². The number of carbonyl (C=O) groups is 9. The lowest BCUT2D eigenvalue weighted by Crippen LogP contribution is -2.57. The number of carboxylic acid groups (broad SMARTS) is 5. The van der Waals surface area contributed by atoms with Crippen molar-refractivity contribution < 1.29 is 68.7 Å². The van der Waals surface area contributed by atoms with Crippen LogP contribution in [-0.4, -0.2) is 184 Å². The number of amides is 6. The molecule has 6 amide bonds. The molecular weight excluding hydrogens is 1020 g/mol. The third-order valence-electron chi connectivity index (χ3n) is 15.0. The van der Waals surface area contributed by atoms with E-state index in [1.54, 1.807) is 7.05 Å². The Kier molecular flexibility index (Phi) is 24.7. The minimum absolute atomic E-state index is 0.0522. The van der Waals surface area contributed by atoms with Gasteiger partial charge in [-0.2, -0.15) is 0 Å². The van der Waals surface area contributed by atoms with E-state index in [4.69, 9.17) is 5.11 Å². The zero-order chi connectivity index (χ0) is 57.6. The largest absolute Gasteiger partial charge is 0.481 e. The molecule has 2 fully saturated rings. The van der Waals surface area contributed by atoms with Crippen molar-refractivity contribution in [3.63, 3.8) is 0 Å². The van der Waals surface area contributed by atoms with Crippen LogP contribution in [0.3, 0.4) is 0 Å². The van der Waals surface area contributed by atoms with Crippen LogP contribution in [0.15, 0.2) is 66.7 Å². The Morgan fingerprint density at radius 2 is 1.22 bits per heavy atom. The average Bonchev–Trinajstić information content (AvgIpc) is 3.40. The molecule has 23 heteroatoms. The molecule has 0 aliphatic heterocycles. The molecule has 0 aromatic heterocycles. The minimum Gasteiger partial charge on any atom is -0.481 e. The predicted octanol–water partition coefficient (Wildman–Crippen LogP) is 4.04. The third kappa shape index (κ3) is 21.1. The van der Waals surface area contributed by atoms with E-state index in [1.165, 1.54) is 0 Å². The van der Waals surface area contributed by atoms with Crippen LogP contribution >= 0.6 is 0 Å². The summed E-state index contributed by atoms with van der Waals surface area (Å²) in [5.74, 6) is -6.89. The normalized spacial score (nSPS) is 18.9. The summed E-state index contributed by atoms with van der Waals surface area (Å²) >= 11 is 0. The molecule has 432 valence electrons. The number of rotatable bonds is 31. The van der Waals surface area contributed by atoms with Crippen molar-refractivity contribution in [3.8, 4) is 0 Å². The first-order chi connectivity index (χ1) is 37.6. The number of urea groups is 2. The van der Waals surface area contributed by atoms with Crippen molar-refractivity contribution in [2.45, 2.75) is 133 Å². The standard InChI is InChI=1S/C56H79N9O14/c1-63(2)42(32-65(34-50(70)71)47-14-7-6-13-46(47)64(3)33-49(68)69)29-35-18-23-41(24-19-35)59-55(78)58-31-36-15-21-39(22-16-36)51(72)60-45(30-37-17-20-38-10-4-5-11-40(38)28-37)52(73)57-27-9-8-12-43(53(74)75)61-56(79)62-44(54(76)77)25-26-48(66)67/h4-5,10-11,17-20,23-24,28,36,39,42-47H,6-9,12-16,21-22,25-27,29-34H2,1-3H3,(H,57,73)(H,60,72)(H,66,67)(H,68,69)(H,70,71)(H,74,75)(H,76,77)(H2,58,59,78)(H2,61,62,79)/t36?,39?,42-,43+,44+,45+,46+,47+/m1/s1. The van der Waals surface area contributed by atoms with Crippen molar-refractivity contribution >= 4 is 70.2 Å². The highest BCUT2D eigenvalue weighted by Crippen LogP contribution is 2.30. The lowest BCUT2D eigenvalue weighted by molar-refractivity contribution is -0.142. The summed E-state index contributed by atoms with van der Waals surface area (Å²) in [6.45, 7) is 0.721. The summed E-state index contributed by atoms with van der Waals surface area (Å²) < 4.78 is 0. The molecule has 6 atom stereocenters. The Morgan fingerprint density at radius 3 is 1.84 bits per heavy atom. The number of fused-ring (bicyclic) bond motifs is 1. The molecule has 23 nitrogen and oxygen atoms in total. The van der Waals surface area contributed by atoms with Gasteiger partial charge in [0, 0.05) is 62.2 Å². The second-order valence-corrected chi connectivity index (χ2v) is 21.2. The molecule has 0 heterocycles. The molecule has 2 aliphatic rings. The SMILES string of the molecule is CN(C)[C@H](Cc1ccc(NC(=O)NCC2CCC(C(=O)N[C@@H](Cc3ccc4ccccc4c3)C(=O)NCCCC[C@H](NC(=O)N[C@@H](CCC(=O)O)C(=O)O)C(=O)O)CC2)cc1)CN(CC(=O)O)[C@H]1CCCC[C@@H]1N(C)CC(=O)O. The van der Waals surface area contributed by atoms with Gasteiger partial charge in [0.1, 0.15) is 18.1 Å². The van der Waals surface area contributed by atoms with E-state index in [9.17, 15) is 63.6 Å². The third-order valence-corrected chi connectivity index (χ3v) is 15.0. The van der Waals surface area contributed by atoms with Gasteiger partial charge in [-0.05, 0) is 132 Å². The quantitative estimate of drug-likeness (QED) is 0.0405. The van der Waals surface area contributed by atoms with E-state index >= 15 is 0 Å². The summed E-state index contributed by atoms with van der Waals surface area (Å²) in [6, 6.07) is 15.6. The Hall–Kier alpha value is -7.37. The summed E-state index contributed by atoms with van der Waals surface area (Å²) in [6.07, 6.45) is 6.30. The number of carboxylic acids is 5. The maximum absolute atomic E-state index is 13.8. The predicted molar refractivity (Wildman–Crippen MR) is 293 cm³/mol. The van der Waals surface area contributed by atoms with E-state index in [2.05, 4.69) is 36.8 Å². The number of anilines is 1. The molecule has 11 N–H and O–H groups in total. The minimum atomic E-state index is -1.54. The smallest absolute Gasteiger partial charge is 0.326 e. The van der Waals surface area contributed by atoms with Gasteiger partial charge in [0.25, 0.3) is 0 Å². The number of hydrogen-bond donors (Lipinski definition) is 11. The molecule has 0 saturated heterocycles. The fourth-order valence-electron chi connectivity index (χ4n) is 10.6. The van der Waals surface area contributed by atoms with Crippen molar-refractivity contribution in [3.05, 3.63) is 77.9 Å². The topological polar surface area (TPSA) is 337 Å². The molecule has 2 aliphatic carbocycles. The fraction of sp³-hybridized carbons (Fsp3) is 0.554. The first-order valence-corrected chi connectivity index (χ1v) is 27.1. The summed E-state index contributed by atoms with van der Waals surface area (Å²) in [5.41, 5.74) is 2.42. The van der Waals surface area contributed by atoms with Crippen molar-refractivity contribution in [1.82, 2.24) is 41.3 Å². The van der Waals surface area contributed by atoms with Crippen LogP contribution in [0, 0.1) is 11.8 Å². The van der Waals surface area contributed by atoms with Crippen molar-refractivity contribution in [2.24, 2.45) is 11.8 Å². The molecule has 5 rings (SSSR count). The van der Waals surface area contributed by atoms with Gasteiger partial charge in [-0.3, -0.25) is 33.8 Å². The molecule has 3 aromatic carbocycles. The van der Waals surface area contributed by atoms with E-state index in [1.807, 2.05) is 90.6 Å². The van der Waals surface area contributed by atoms with Gasteiger partial charge in [-0.1, -0.05) is 67.4 Å². The number of hydrogen-bond acceptors (Lipinski definition) is 12. The number of nitrogens with one attached hydrogen (secondary N) is 6. The van der Waals surface area contributed by atoms with Crippen molar-refractivity contribution in [2.75, 3.05) is 59.2 Å². The van der Waals surface area contributed by atoms with E-state index in [0.29, 0.717) is 57.3 Å². The Morgan fingerprint density at radius 1 is 0.595 bits per heavy atom. The lowest BCUT2D eigenvalue weighted by atomic mass is 9.81. The molecule has 2 saturated carbocycles. The number of nitrogens with zero attached hydrogens (tertiary/aromatic N) is 3. The highest BCUT2D eigenvalue weighted by molar-refractivity contribution is 5.90. The molecule has 0 unspecified atom stereocenters. The number of aliphatic carboxylic acids is 5. The number of likely N-dealkylation sites (N-methyl/N-ethyl adjacent to an activating group) is 2. The van der Waals surface area contributed by atoms with Crippen LogP contribution in [0.4, 0.5) is 15.3 Å². The Labute approximate surface area is 460 Å². The van der Waals surface area contributed by atoms with E-state index in [0.717, 1.165) is 47.6 Å². The van der Waals surface area contributed by atoms with Gasteiger partial charge in [-0.25, -0.2) is 19.2 Å². The summed E-state index contributed by atoms with van der Waals surface area (Å²) in [7, 11) is 5.70. The molecule has 0 radical (unpaired) electrons. The highest BCUT2D eigenvalue weighted by atomic mass is 16.4. The zero-order valence-electron chi connectivity index (χ0n) is 45.4. The van der Waals surface area contributed by atoms with Gasteiger partial charge >= 0.3 is 41.9 Å². The second-order valence-electron chi connectivity index (χ2n) is 21.2. The molecule has 79 heavy (non-hydrogen) atoms. The van der Waals surface area contributed by atoms with Crippen molar-refractivity contribution in [1.29, 1.82) is 0 Å². The van der Waals surface area contributed by atoms with Crippen LogP contribution in [0.2, 0.25) is 0 Å². The second kappa shape index (κ2) is 31.3. The fourth-order valence-corrected chi connectivity index (χ4v) is 10.6. The number of carbonyl (C=O) groups excluding carboxylic acids is 4. The zero-order valence-corrected chi connectivity index (χ0v) is 45.4.